The Morgan fingerprint density at radius 3 is 2.38 bits per heavy atom. The maximum atomic E-state index is 10.4. The Morgan fingerprint density at radius 2 is 1.92 bits per heavy atom. The van der Waals surface area contributed by atoms with E-state index in [0.29, 0.717) is 12.6 Å². The van der Waals surface area contributed by atoms with Gasteiger partial charge in [0.25, 0.3) is 5.69 Å². The summed E-state index contributed by atoms with van der Waals surface area (Å²) in [6, 6.07) is 3.88. The van der Waals surface area contributed by atoms with Gasteiger partial charge in [0.2, 0.25) is 0 Å². The van der Waals surface area contributed by atoms with Gasteiger partial charge in [0.15, 0.2) is 12.6 Å². The Bertz CT molecular complexity index is 372. The van der Waals surface area contributed by atoms with Crippen LogP contribution in [-0.4, -0.2) is 17.5 Å². The molecular formula is C8H5NO4. The molecule has 0 unspecified atom stereocenters. The third kappa shape index (κ3) is 1.58. The predicted octanol–water partition coefficient (Wildman–Crippen LogP) is 1.22. The van der Waals surface area contributed by atoms with Crippen molar-refractivity contribution in [3.63, 3.8) is 0 Å². The zero-order chi connectivity index (χ0) is 9.84. The fourth-order valence-electron chi connectivity index (χ4n) is 0.961. The van der Waals surface area contributed by atoms with E-state index in [9.17, 15) is 19.7 Å². The van der Waals surface area contributed by atoms with E-state index in [1.54, 1.807) is 0 Å². The van der Waals surface area contributed by atoms with Crippen molar-refractivity contribution in [3.05, 3.63) is 39.4 Å². The summed E-state index contributed by atoms with van der Waals surface area (Å²) in [5.41, 5.74) is -0.494. The predicted molar refractivity (Wildman–Crippen MR) is 43.9 cm³/mol. The fourth-order valence-corrected chi connectivity index (χ4v) is 0.961. The van der Waals surface area contributed by atoms with Crippen molar-refractivity contribution in [2.24, 2.45) is 0 Å². The van der Waals surface area contributed by atoms with Crippen LogP contribution in [0.15, 0.2) is 18.2 Å². The number of carbonyl (C=O) groups excluding carboxylic acids is 2. The molecule has 0 amide bonds. The molecule has 0 aliphatic rings. The van der Waals surface area contributed by atoms with Crippen LogP contribution in [-0.2, 0) is 0 Å². The lowest BCUT2D eigenvalue weighted by molar-refractivity contribution is -0.385. The highest BCUT2D eigenvalue weighted by atomic mass is 16.6. The van der Waals surface area contributed by atoms with Gasteiger partial charge in [0, 0.05) is 11.6 Å². The Kier molecular flexibility index (Phi) is 2.49. The SMILES string of the molecule is O=Cc1cccc([N+](=O)[O-])c1C=O. The highest BCUT2D eigenvalue weighted by Crippen LogP contribution is 2.18. The van der Waals surface area contributed by atoms with E-state index >= 15 is 0 Å². The lowest BCUT2D eigenvalue weighted by Crippen LogP contribution is -1.98. The summed E-state index contributed by atoms with van der Waals surface area (Å²) in [6.45, 7) is 0. The summed E-state index contributed by atoms with van der Waals surface area (Å²) >= 11 is 0. The topological polar surface area (TPSA) is 77.3 Å². The zero-order valence-corrected chi connectivity index (χ0v) is 6.47. The van der Waals surface area contributed by atoms with Gasteiger partial charge < -0.3 is 0 Å². The van der Waals surface area contributed by atoms with E-state index in [-0.39, 0.29) is 16.8 Å². The van der Waals surface area contributed by atoms with Gasteiger partial charge in [-0.15, -0.1) is 0 Å². The van der Waals surface area contributed by atoms with Crippen LogP contribution in [0.5, 0.6) is 0 Å². The standard InChI is InChI=1S/C8H5NO4/c10-4-6-2-1-3-8(9(12)13)7(6)5-11/h1-5H. The number of hydrogen-bond acceptors (Lipinski definition) is 4. The Hall–Kier alpha value is -2.04. The van der Waals surface area contributed by atoms with Gasteiger partial charge >= 0.3 is 0 Å². The number of carbonyl (C=O) groups is 2. The molecule has 0 N–H and O–H groups in total. The highest BCUT2D eigenvalue weighted by molar-refractivity contribution is 5.94. The minimum atomic E-state index is -0.698. The molecule has 0 atom stereocenters. The summed E-state index contributed by atoms with van der Waals surface area (Å²) in [7, 11) is 0. The second-order valence-corrected chi connectivity index (χ2v) is 2.27. The maximum Gasteiger partial charge on any atom is 0.280 e. The molecule has 13 heavy (non-hydrogen) atoms. The van der Waals surface area contributed by atoms with Gasteiger partial charge in [-0.3, -0.25) is 19.7 Å². The van der Waals surface area contributed by atoms with E-state index in [2.05, 4.69) is 0 Å². The largest absolute Gasteiger partial charge is 0.298 e. The maximum absolute atomic E-state index is 10.4. The smallest absolute Gasteiger partial charge is 0.280 e. The van der Waals surface area contributed by atoms with Gasteiger partial charge in [-0.05, 0) is 0 Å². The van der Waals surface area contributed by atoms with Crippen LogP contribution in [0, 0.1) is 10.1 Å². The molecule has 0 bridgehead atoms. The molecule has 0 radical (unpaired) electrons. The number of rotatable bonds is 3. The third-order valence-corrected chi connectivity index (χ3v) is 1.56. The summed E-state index contributed by atoms with van der Waals surface area (Å²) in [6.07, 6.45) is 0.721. The molecule has 0 aliphatic carbocycles. The molecule has 1 aromatic rings. The number of nitro benzene ring substituents is 1. The van der Waals surface area contributed by atoms with Crippen molar-refractivity contribution in [3.8, 4) is 0 Å². The van der Waals surface area contributed by atoms with Crippen molar-refractivity contribution >= 4 is 18.3 Å². The van der Waals surface area contributed by atoms with Crippen LogP contribution < -0.4 is 0 Å². The van der Waals surface area contributed by atoms with E-state index in [1.165, 1.54) is 18.2 Å². The second kappa shape index (κ2) is 3.57. The molecule has 5 heteroatoms. The van der Waals surface area contributed by atoms with Crippen LogP contribution in [0.3, 0.4) is 0 Å². The highest BCUT2D eigenvalue weighted by Gasteiger charge is 2.15. The number of benzene rings is 1. The van der Waals surface area contributed by atoms with Crippen molar-refractivity contribution in [1.29, 1.82) is 0 Å². The van der Waals surface area contributed by atoms with Crippen LogP contribution in [0.2, 0.25) is 0 Å². The molecule has 0 saturated heterocycles. The van der Waals surface area contributed by atoms with Gasteiger partial charge in [-0.1, -0.05) is 12.1 Å². The average molecular weight is 179 g/mol. The average Bonchev–Trinajstić information content (AvgIpc) is 2.16. The van der Waals surface area contributed by atoms with Crippen molar-refractivity contribution in [1.82, 2.24) is 0 Å². The van der Waals surface area contributed by atoms with Gasteiger partial charge in [0.1, 0.15) is 5.56 Å². The van der Waals surface area contributed by atoms with Gasteiger partial charge in [0.05, 0.1) is 4.92 Å². The Morgan fingerprint density at radius 1 is 1.23 bits per heavy atom. The number of nitrogens with zero attached hydrogens (tertiary/aromatic N) is 1. The first-order valence-corrected chi connectivity index (χ1v) is 3.38. The van der Waals surface area contributed by atoms with Gasteiger partial charge in [-0.25, -0.2) is 0 Å². The number of aldehydes is 2. The van der Waals surface area contributed by atoms with E-state index in [1.807, 2.05) is 0 Å². The molecule has 0 aliphatic heterocycles. The zero-order valence-electron chi connectivity index (χ0n) is 6.47. The van der Waals surface area contributed by atoms with Gasteiger partial charge in [-0.2, -0.15) is 0 Å². The normalized spacial score (nSPS) is 9.23. The first kappa shape index (κ1) is 9.05. The first-order chi connectivity index (χ1) is 6.20. The second-order valence-electron chi connectivity index (χ2n) is 2.27. The molecule has 0 saturated carbocycles. The molecular weight excluding hydrogens is 174 g/mol. The minimum absolute atomic E-state index is 0.0317. The molecule has 0 fully saturated rings. The van der Waals surface area contributed by atoms with E-state index < -0.39 is 4.92 Å². The van der Waals surface area contributed by atoms with Crippen LogP contribution >= 0.6 is 0 Å². The van der Waals surface area contributed by atoms with Crippen molar-refractivity contribution < 1.29 is 14.5 Å². The number of nitro groups is 1. The Labute approximate surface area is 73.1 Å². The third-order valence-electron chi connectivity index (χ3n) is 1.56. The summed E-state index contributed by atoms with van der Waals surface area (Å²) in [5, 5.41) is 10.4. The quantitative estimate of drug-likeness (QED) is 0.397. The molecule has 0 spiro atoms. The molecule has 5 nitrogen and oxygen atoms in total. The summed E-state index contributed by atoms with van der Waals surface area (Å²) < 4.78 is 0. The van der Waals surface area contributed by atoms with E-state index in [4.69, 9.17) is 0 Å². The van der Waals surface area contributed by atoms with E-state index in [0.717, 1.165) is 0 Å². The van der Waals surface area contributed by atoms with Crippen LogP contribution in [0.25, 0.3) is 0 Å². The van der Waals surface area contributed by atoms with Crippen LogP contribution in [0.1, 0.15) is 20.7 Å². The summed E-state index contributed by atoms with van der Waals surface area (Å²) in [4.78, 5) is 30.5. The van der Waals surface area contributed by atoms with Crippen LogP contribution in [0.4, 0.5) is 5.69 Å². The lowest BCUT2D eigenvalue weighted by Gasteiger charge is -1.96. The van der Waals surface area contributed by atoms with Crippen molar-refractivity contribution in [2.45, 2.75) is 0 Å². The molecule has 1 rings (SSSR count). The first-order valence-electron chi connectivity index (χ1n) is 3.38. The molecule has 0 heterocycles. The molecule has 0 aromatic heterocycles. The lowest BCUT2D eigenvalue weighted by atomic mass is 10.1. The monoisotopic (exact) mass is 179 g/mol. The summed E-state index contributed by atoms with van der Waals surface area (Å²) in [5.74, 6) is 0. The molecule has 66 valence electrons. The Balaban J connectivity index is 3.43. The molecule has 1 aromatic carbocycles. The number of hydrogen-bond donors (Lipinski definition) is 0. The van der Waals surface area contributed by atoms with Crippen molar-refractivity contribution in [2.75, 3.05) is 0 Å². The minimum Gasteiger partial charge on any atom is -0.298 e. The fraction of sp³-hybridized carbons (Fsp3) is 0.